The van der Waals surface area contributed by atoms with Gasteiger partial charge in [-0.25, -0.2) is 4.68 Å². The Kier molecular flexibility index (Phi) is 2.51. The van der Waals surface area contributed by atoms with E-state index in [1.165, 1.54) is 10.7 Å². The molecule has 1 aromatic heterocycles. The smallest absolute Gasteiger partial charge is 0.258 e. The molecule has 0 aliphatic rings. The van der Waals surface area contributed by atoms with E-state index in [1.54, 1.807) is 30.6 Å². The van der Waals surface area contributed by atoms with Crippen molar-refractivity contribution in [2.24, 2.45) is 0 Å². The molecule has 0 bridgehead atoms. The van der Waals surface area contributed by atoms with Crippen LogP contribution in [-0.2, 0) is 0 Å². The average molecular weight is 268 g/mol. The van der Waals surface area contributed by atoms with Crippen molar-refractivity contribution in [1.82, 2.24) is 9.78 Å². The quantitative estimate of drug-likeness (QED) is 0.621. The van der Waals surface area contributed by atoms with Gasteiger partial charge in [0.05, 0.1) is 4.92 Å². The molecule has 0 spiro atoms. The molecule has 0 saturated carbocycles. The van der Waals surface area contributed by atoms with Crippen molar-refractivity contribution in [3.63, 3.8) is 0 Å². The van der Waals surface area contributed by atoms with Crippen molar-refractivity contribution in [2.45, 2.75) is 0 Å². The molecule has 1 heterocycles. The van der Waals surface area contributed by atoms with Gasteiger partial charge in [0.15, 0.2) is 0 Å². The molecule has 0 unspecified atom stereocenters. The van der Waals surface area contributed by atoms with Crippen molar-refractivity contribution in [1.29, 1.82) is 0 Å². The molecule has 1 aromatic carbocycles. The Morgan fingerprint density at radius 3 is 2.87 bits per heavy atom. The van der Waals surface area contributed by atoms with E-state index < -0.39 is 4.92 Å². The fourth-order valence-electron chi connectivity index (χ4n) is 1.25. The summed E-state index contributed by atoms with van der Waals surface area (Å²) in [6, 6.07) is 6.45. The highest BCUT2D eigenvalue weighted by atomic mass is 79.9. The maximum absolute atomic E-state index is 10.8. The van der Waals surface area contributed by atoms with Crippen LogP contribution in [0, 0.1) is 10.1 Å². The largest absolute Gasteiger partial charge is 0.294 e. The molecule has 76 valence electrons. The Bertz CT molecular complexity index is 496. The van der Waals surface area contributed by atoms with Crippen molar-refractivity contribution in [3.8, 4) is 5.69 Å². The Balaban J connectivity index is 2.63. The van der Waals surface area contributed by atoms with E-state index in [2.05, 4.69) is 21.0 Å². The summed E-state index contributed by atoms with van der Waals surface area (Å²) < 4.78 is 2.24. The molecular formula is C9H6BrN3O2. The topological polar surface area (TPSA) is 61.0 Å². The van der Waals surface area contributed by atoms with E-state index in [-0.39, 0.29) is 5.69 Å². The second-order valence-corrected chi connectivity index (χ2v) is 3.76. The summed E-state index contributed by atoms with van der Waals surface area (Å²) in [6.07, 6.45) is 3.24. The van der Waals surface area contributed by atoms with Gasteiger partial charge in [0, 0.05) is 22.9 Å². The van der Waals surface area contributed by atoms with Crippen LogP contribution in [0.25, 0.3) is 5.69 Å². The molecule has 6 heteroatoms. The summed E-state index contributed by atoms with van der Waals surface area (Å²) in [4.78, 5) is 10.4. The lowest BCUT2D eigenvalue weighted by Crippen LogP contribution is -2.00. The summed E-state index contributed by atoms with van der Waals surface area (Å²) in [5.74, 6) is 0. The van der Waals surface area contributed by atoms with Crippen molar-refractivity contribution in [2.75, 3.05) is 0 Å². The van der Waals surface area contributed by atoms with Crippen LogP contribution in [-0.4, -0.2) is 14.7 Å². The highest BCUT2D eigenvalue weighted by Gasteiger charge is 2.15. The van der Waals surface area contributed by atoms with E-state index in [0.717, 1.165) is 4.47 Å². The maximum atomic E-state index is 10.8. The summed E-state index contributed by atoms with van der Waals surface area (Å²) in [7, 11) is 0. The van der Waals surface area contributed by atoms with Crippen LogP contribution < -0.4 is 0 Å². The summed E-state index contributed by atoms with van der Waals surface area (Å²) in [6.45, 7) is 0. The van der Waals surface area contributed by atoms with Gasteiger partial charge < -0.3 is 0 Å². The third-order valence-electron chi connectivity index (χ3n) is 1.89. The first kappa shape index (κ1) is 9.85. The zero-order chi connectivity index (χ0) is 10.8. The molecule has 0 radical (unpaired) electrons. The highest BCUT2D eigenvalue weighted by molar-refractivity contribution is 9.10. The van der Waals surface area contributed by atoms with Gasteiger partial charge in [0.1, 0.15) is 5.69 Å². The molecule has 2 rings (SSSR count). The second kappa shape index (κ2) is 3.82. The van der Waals surface area contributed by atoms with Gasteiger partial charge in [-0.05, 0) is 18.2 Å². The van der Waals surface area contributed by atoms with Gasteiger partial charge in [-0.15, -0.1) is 0 Å². The van der Waals surface area contributed by atoms with Crippen LogP contribution in [0.4, 0.5) is 5.69 Å². The Morgan fingerprint density at radius 1 is 1.47 bits per heavy atom. The third kappa shape index (κ3) is 1.89. The van der Waals surface area contributed by atoms with Gasteiger partial charge in [0.25, 0.3) is 5.69 Å². The Morgan fingerprint density at radius 2 is 2.27 bits per heavy atom. The third-order valence-corrected chi connectivity index (χ3v) is 2.38. The molecule has 0 atom stereocenters. The number of hydrogen-bond donors (Lipinski definition) is 0. The van der Waals surface area contributed by atoms with Crippen LogP contribution in [0.3, 0.4) is 0 Å². The monoisotopic (exact) mass is 267 g/mol. The lowest BCUT2D eigenvalue weighted by atomic mass is 10.3. The SMILES string of the molecule is O=[N+]([O-])c1ccc(Br)cc1-n1cccn1. The molecule has 15 heavy (non-hydrogen) atoms. The summed E-state index contributed by atoms with van der Waals surface area (Å²) in [5, 5.41) is 14.7. The number of benzene rings is 1. The number of rotatable bonds is 2. The molecule has 0 N–H and O–H groups in total. The van der Waals surface area contributed by atoms with Gasteiger partial charge in [-0.1, -0.05) is 15.9 Å². The van der Waals surface area contributed by atoms with Crippen LogP contribution in [0.1, 0.15) is 0 Å². The fourth-order valence-corrected chi connectivity index (χ4v) is 1.59. The molecule has 0 amide bonds. The van der Waals surface area contributed by atoms with Crippen molar-refractivity contribution < 1.29 is 4.92 Å². The van der Waals surface area contributed by atoms with Gasteiger partial charge in [-0.3, -0.25) is 10.1 Å². The van der Waals surface area contributed by atoms with Gasteiger partial charge in [-0.2, -0.15) is 5.10 Å². The molecular weight excluding hydrogens is 262 g/mol. The normalized spacial score (nSPS) is 10.2. The lowest BCUT2D eigenvalue weighted by molar-refractivity contribution is -0.384. The molecule has 0 aliphatic carbocycles. The zero-order valence-electron chi connectivity index (χ0n) is 7.50. The van der Waals surface area contributed by atoms with Gasteiger partial charge >= 0.3 is 0 Å². The lowest BCUT2D eigenvalue weighted by Gasteiger charge is -2.02. The van der Waals surface area contributed by atoms with E-state index in [1.807, 2.05) is 0 Å². The first-order valence-corrected chi connectivity index (χ1v) is 4.92. The Labute approximate surface area is 93.6 Å². The minimum absolute atomic E-state index is 0.0295. The van der Waals surface area contributed by atoms with E-state index in [4.69, 9.17) is 0 Å². The minimum Gasteiger partial charge on any atom is -0.258 e. The van der Waals surface area contributed by atoms with E-state index in [9.17, 15) is 10.1 Å². The standard InChI is InChI=1S/C9H6BrN3O2/c10-7-2-3-8(13(14)15)9(6-7)12-5-1-4-11-12/h1-6H. The summed E-state index contributed by atoms with van der Waals surface area (Å²) >= 11 is 3.27. The average Bonchev–Trinajstić information content (AvgIpc) is 2.69. The minimum atomic E-state index is -0.427. The molecule has 0 saturated heterocycles. The highest BCUT2D eigenvalue weighted by Crippen LogP contribution is 2.25. The van der Waals surface area contributed by atoms with E-state index >= 15 is 0 Å². The number of nitro groups is 1. The van der Waals surface area contributed by atoms with Crippen LogP contribution >= 0.6 is 15.9 Å². The van der Waals surface area contributed by atoms with Crippen LogP contribution in [0.5, 0.6) is 0 Å². The molecule has 0 fully saturated rings. The zero-order valence-corrected chi connectivity index (χ0v) is 9.09. The van der Waals surface area contributed by atoms with Gasteiger partial charge in [0.2, 0.25) is 0 Å². The fraction of sp³-hybridized carbons (Fsp3) is 0. The predicted molar refractivity (Wildman–Crippen MR) is 57.9 cm³/mol. The number of nitro benzene ring substituents is 1. The second-order valence-electron chi connectivity index (χ2n) is 2.84. The maximum Gasteiger partial charge on any atom is 0.294 e. The molecule has 0 aliphatic heterocycles. The number of hydrogen-bond acceptors (Lipinski definition) is 3. The predicted octanol–water partition coefficient (Wildman–Crippen LogP) is 2.54. The summed E-state index contributed by atoms with van der Waals surface area (Å²) in [5.41, 5.74) is 0.473. The van der Waals surface area contributed by atoms with Crippen LogP contribution in [0.2, 0.25) is 0 Å². The number of aromatic nitrogens is 2. The van der Waals surface area contributed by atoms with E-state index in [0.29, 0.717) is 5.69 Å². The first-order valence-electron chi connectivity index (χ1n) is 4.12. The first-order chi connectivity index (χ1) is 7.18. The van der Waals surface area contributed by atoms with Crippen LogP contribution in [0.15, 0.2) is 41.1 Å². The molecule has 5 nitrogen and oxygen atoms in total. The van der Waals surface area contributed by atoms with Crippen molar-refractivity contribution >= 4 is 21.6 Å². The molecule has 2 aromatic rings. The van der Waals surface area contributed by atoms with Crippen molar-refractivity contribution in [3.05, 3.63) is 51.2 Å². The Hall–Kier alpha value is -1.69. The number of halogens is 1. The number of nitrogens with zero attached hydrogens (tertiary/aromatic N) is 3.